The molecule has 42 heavy (non-hydrogen) atoms. The van der Waals surface area contributed by atoms with E-state index in [0.29, 0.717) is 54.6 Å². The molecule has 1 saturated heterocycles. The highest BCUT2D eigenvalue weighted by molar-refractivity contribution is 7.92. The van der Waals surface area contributed by atoms with E-state index >= 15 is 0 Å². The van der Waals surface area contributed by atoms with Crippen LogP contribution in [0.15, 0.2) is 53.5 Å². The highest BCUT2D eigenvalue weighted by atomic mass is 32.2. The van der Waals surface area contributed by atoms with Gasteiger partial charge in [0.2, 0.25) is 0 Å². The van der Waals surface area contributed by atoms with E-state index in [0.717, 1.165) is 24.7 Å². The largest absolute Gasteiger partial charge is 0.383 e. The minimum Gasteiger partial charge on any atom is -0.383 e. The number of hydrogen-bond acceptors (Lipinski definition) is 8. The van der Waals surface area contributed by atoms with Crippen LogP contribution < -0.4 is 16.4 Å². The van der Waals surface area contributed by atoms with Crippen LogP contribution in [-0.4, -0.2) is 63.1 Å². The van der Waals surface area contributed by atoms with E-state index in [-0.39, 0.29) is 24.3 Å². The predicted molar refractivity (Wildman–Crippen MR) is 158 cm³/mol. The molecule has 3 aromatic rings. The number of benzene rings is 2. The number of amides is 1. The fourth-order valence-electron chi connectivity index (χ4n) is 4.77. The second-order valence-electron chi connectivity index (χ2n) is 10.7. The monoisotopic (exact) mass is 603 g/mol. The number of nitrogens with zero attached hydrogens (tertiary/aromatic N) is 1. The molecular weight excluding hydrogens is 565 g/mol. The van der Waals surface area contributed by atoms with Crippen LogP contribution in [0.3, 0.4) is 0 Å². The van der Waals surface area contributed by atoms with Crippen LogP contribution in [-0.2, 0) is 42.0 Å². The molecule has 0 radical (unpaired) electrons. The number of methoxy groups -OCH3 is 1. The van der Waals surface area contributed by atoms with Gasteiger partial charge in [-0.2, -0.15) is 0 Å². The standard InChI is InChI=1S/C30H38FN3O7S/c1-30(42(3,37)38,29(36)33-41-27-6-4-5-16-40-27)12-15-34-14-11-23-19-22(8-10-25(23)28(34)35)24-9-7-21(18-26(24)31)20-32-13-17-39-2/h7-11,14,18-19,27,32H,4-6,12-13,15-17,20H2,1-3H3,(H,33,36)/t27-,30-/m1/s1. The average Bonchev–Trinajstić information content (AvgIpc) is 2.97. The molecule has 2 aromatic carbocycles. The van der Waals surface area contributed by atoms with Crippen molar-refractivity contribution in [1.29, 1.82) is 0 Å². The molecule has 10 nitrogen and oxygen atoms in total. The van der Waals surface area contributed by atoms with Crippen molar-refractivity contribution < 1.29 is 31.9 Å². The van der Waals surface area contributed by atoms with Gasteiger partial charge in [-0.05, 0) is 67.0 Å². The lowest BCUT2D eigenvalue weighted by molar-refractivity contribution is -0.201. The zero-order valence-corrected chi connectivity index (χ0v) is 25.0. The van der Waals surface area contributed by atoms with Crippen molar-refractivity contribution in [1.82, 2.24) is 15.4 Å². The molecular formula is C30H38FN3O7S. The number of fused-ring (bicyclic) bond motifs is 1. The molecule has 1 fully saturated rings. The zero-order valence-electron chi connectivity index (χ0n) is 24.2. The molecule has 2 heterocycles. The number of sulfone groups is 1. The second kappa shape index (κ2) is 13.9. The van der Waals surface area contributed by atoms with Crippen molar-refractivity contribution in [3.63, 3.8) is 0 Å². The van der Waals surface area contributed by atoms with Crippen LogP contribution in [0.5, 0.6) is 0 Å². The number of pyridine rings is 1. The van der Waals surface area contributed by atoms with Gasteiger partial charge in [-0.3, -0.25) is 9.59 Å². The normalized spacial score (nSPS) is 17.2. The number of carbonyl (C=O) groups is 1. The van der Waals surface area contributed by atoms with Gasteiger partial charge in [0.1, 0.15) is 5.82 Å². The lowest BCUT2D eigenvalue weighted by Crippen LogP contribution is -2.51. The number of halogens is 1. The van der Waals surface area contributed by atoms with Crippen molar-refractivity contribution in [2.75, 3.05) is 33.1 Å². The number of ether oxygens (including phenoxy) is 2. The molecule has 228 valence electrons. The van der Waals surface area contributed by atoms with E-state index in [1.54, 1.807) is 43.6 Å². The maximum absolute atomic E-state index is 15.0. The highest BCUT2D eigenvalue weighted by Gasteiger charge is 2.44. The molecule has 2 N–H and O–H groups in total. The summed E-state index contributed by atoms with van der Waals surface area (Å²) >= 11 is 0. The summed E-state index contributed by atoms with van der Waals surface area (Å²) in [6.45, 7) is 3.53. The van der Waals surface area contributed by atoms with Crippen LogP contribution >= 0.6 is 0 Å². The van der Waals surface area contributed by atoms with Crippen LogP contribution in [0.1, 0.15) is 38.2 Å². The molecule has 2 atom stereocenters. The Balaban J connectivity index is 1.48. The first kappa shape index (κ1) is 31.8. The fourth-order valence-corrected chi connectivity index (χ4v) is 5.61. The van der Waals surface area contributed by atoms with Crippen LogP contribution in [0, 0.1) is 5.82 Å². The van der Waals surface area contributed by atoms with Gasteiger partial charge >= 0.3 is 0 Å². The molecule has 1 aromatic heterocycles. The van der Waals surface area contributed by atoms with E-state index in [1.165, 1.54) is 17.6 Å². The number of hydrogen-bond donors (Lipinski definition) is 2. The van der Waals surface area contributed by atoms with E-state index in [9.17, 15) is 22.4 Å². The van der Waals surface area contributed by atoms with Gasteiger partial charge in [0.25, 0.3) is 11.5 Å². The summed E-state index contributed by atoms with van der Waals surface area (Å²) in [4.78, 5) is 31.6. The van der Waals surface area contributed by atoms with E-state index in [1.807, 2.05) is 6.07 Å². The number of aromatic nitrogens is 1. The first-order valence-corrected chi connectivity index (χ1v) is 15.8. The van der Waals surface area contributed by atoms with Crippen LogP contribution in [0.4, 0.5) is 4.39 Å². The third kappa shape index (κ3) is 7.42. The van der Waals surface area contributed by atoms with E-state index in [2.05, 4.69) is 10.8 Å². The molecule has 4 rings (SSSR count). The Bertz CT molecular complexity index is 1570. The Morgan fingerprint density at radius 3 is 2.69 bits per heavy atom. The molecule has 0 unspecified atom stereocenters. The fraction of sp³-hybridized carbons (Fsp3) is 0.467. The quantitative estimate of drug-likeness (QED) is 0.225. The minimum absolute atomic E-state index is 0.0258. The van der Waals surface area contributed by atoms with Crippen molar-refractivity contribution in [3.8, 4) is 11.1 Å². The van der Waals surface area contributed by atoms with Crippen molar-refractivity contribution in [2.24, 2.45) is 0 Å². The SMILES string of the molecule is COCCNCc1ccc(-c2ccc3c(=O)n(CC[C@](C)(C(=O)NO[C@@H]4CCCCO4)S(C)(=O)=O)ccc3c2)c(F)c1. The molecule has 0 spiro atoms. The van der Waals surface area contributed by atoms with Gasteiger partial charge in [0, 0.05) is 63.2 Å². The van der Waals surface area contributed by atoms with Gasteiger partial charge in [0.15, 0.2) is 20.9 Å². The molecule has 0 saturated carbocycles. The zero-order chi connectivity index (χ0) is 30.3. The number of rotatable bonds is 13. The Labute approximate surface area is 245 Å². The van der Waals surface area contributed by atoms with Gasteiger partial charge in [-0.25, -0.2) is 23.1 Å². The van der Waals surface area contributed by atoms with Gasteiger partial charge in [0.05, 0.1) is 6.61 Å². The number of hydroxylamine groups is 1. The molecule has 0 aliphatic carbocycles. The van der Waals surface area contributed by atoms with Gasteiger partial charge < -0.3 is 19.4 Å². The second-order valence-corrected chi connectivity index (χ2v) is 13.1. The van der Waals surface area contributed by atoms with E-state index in [4.69, 9.17) is 14.3 Å². The van der Waals surface area contributed by atoms with Crippen molar-refractivity contribution >= 4 is 26.5 Å². The van der Waals surface area contributed by atoms with Crippen LogP contribution in [0.25, 0.3) is 21.9 Å². The topological polar surface area (TPSA) is 125 Å². The number of aryl methyl sites for hydroxylation is 1. The lowest BCUT2D eigenvalue weighted by Gasteiger charge is -2.28. The van der Waals surface area contributed by atoms with Crippen LogP contribution in [0.2, 0.25) is 0 Å². The maximum Gasteiger partial charge on any atom is 0.264 e. The first-order chi connectivity index (χ1) is 20.0. The third-order valence-electron chi connectivity index (χ3n) is 7.68. The molecule has 12 heteroatoms. The summed E-state index contributed by atoms with van der Waals surface area (Å²) in [5, 5.41) is 4.19. The van der Waals surface area contributed by atoms with Crippen molar-refractivity contribution in [2.45, 2.75) is 56.7 Å². The van der Waals surface area contributed by atoms with Gasteiger partial charge in [-0.15, -0.1) is 0 Å². The maximum atomic E-state index is 15.0. The Morgan fingerprint density at radius 2 is 2.00 bits per heavy atom. The summed E-state index contributed by atoms with van der Waals surface area (Å²) in [5.74, 6) is -1.19. The summed E-state index contributed by atoms with van der Waals surface area (Å²) in [6.07, 6.45) is 4.11. The summed E-state index contributed by atoms with van der Waals surface area (Å²) in [7, 11) is -2.27. The third-order valence-corrected chi connectivity index (χ3v) is 9.71. The predicted octanol–water partition coefficient (Wildman–Crippen LogP) is 3.31. The summed E-state index contributed by atoms with van der Waals surface area (Å²) < 4.78 is 50.3. The molecule has 1 aliphatic heterocycles. The molecule has 0 bridgehead atoms. The lowest BCUT2D eigenvalue weighted by atomic mass is 10.00. The highest BCUT2D eigenvalue weighted by Crippen LogP contribution is 2.27. The Kier molecular flexibility index (Phi) is 10.5. The smallest absolute Gasteiger partial charge is 0.264 e. The van der Waals surface area contributed by atoms with Crippen molar-refractivity contribution in [3.05, 3.63) is 70.4 Å². The summed E-state index contributed by atoms with van der Waals surface area (Å²) in [5.41, 5.74) is 3.75. The molecule has 1 aliphatic rings. The number of nitrogens with one attached hydrogen (secondary N) is 2. The van der Waals surface area contributed by atoms with E-state index < -0.39 is 26.8 Å². The summed E-state index contributed by atoms with van der Waals surface area (Å²) in [6, 6.07) is 11.8. The first-order valence-electron chi connectivity index (χ1n) is 13.9. The Morgan fingerprint density at radius 1 is 1.19 bits per heavy atom. The average molecular weight is 604 g/mol. The minimum atomic E-state index is -3.89. The van der Waals surface area contributed by atoms with Gasteiger partial charge in [-0.1, -0.05) is 18.2 Å². The Hall–Kier alpha value is -3.16. The molecule has 1 amide bonds. The number of carbonyl (C=O) groups excluding carboxylic acids is 1.